The number of esters is 1. The molecule has 0 aromatic heterocycles. The molecule has 0 aromatic carbocycles. The van der Waals surface area contributed by atoms with E-state index in [9.17, 15) is 35.1 Å². The molecule has 0 saturated carbocycles. The van der Waals surface area contributed by atoms with Crippen molar-refractivity contribution in [2.45, 2.75) is 378 Å². The van der Waals surface area contributed by atoms with Crippen LogP contribution in [-0.4, -0.2) is 100 Å². The molecule has 0 bridgehead atoms. The molecule has 7 unspecified atom stereocenters. The highest BCUT2D eigenvalue weighted by Gasteiger charge is 2.44. The Morgan fingerprint density at radius 1 is 0.456 bits per heavy atom. The van der Waals surface area contributed by atoms with E-state index in [0.29, 0.717) is 19.4 Å². The summed E-state index contributed by atoms with van der Waals surface area (Å²) in [4.78, 5) is 25.1. The highest BCUT2D eigenvalue weighted by atomic mass is 16.7. The number of ether oxygens (including phenoxy) is 3. The minimum absolute atomic E-state index is 0.00726. The summed E-state index contributed by atoms with van der Waals surface area (Å²) < 4.78 is 16.7. The van der Waals surface area contributed by atoms with Gasteiger partial charge in [0.2, 0.25) is 5.91 Å². The summed E-state index contributed by atoms with van der Waals surface area (Å²) >= 11 is 0. The summed E-state index contributed by atoms with van der Waals surface area (Å²) in [5.74, 6) is -0.178. The van der Waals surface area contributed by atoms with Gasteiger partial charge in [-0.3, -0.25) is 9.59 Å². The second-order valence-electron chi connectivity index (χ2n) is 23.9. The van der Waals surface area contributed by atoms with Crippen molar-refractivity contribution in [3.63, 3.8) is 0 Å². The summed E-state index contributed by atoms with van der Waals surface area (Å²) in [6, 6.07) is -0.810. The number of amides is 1. The van der Waals surface area contributed by atoms with Gasteiger partial charge >= 0.3 is 5.97 Å². The predicted octanol–water partition coefficient (Wildman–Crippen LogP) is 16.8. The molecule has 11 nitrogen and oxygen atoms in total. The van der Waals surface area contributed by atoms with E-state index in [1.807, 2.05) is 6.08 Å². The number of carbonyl (C=O) groups excluding carboxylic acids is 2. The molecule has 466 valence electrons. The lowest BCUT2D eigenvalue weighted by Gasteiger charge is -2.40. The number of hydrogen-bond acceptors (Lipinski definition) is 10. The van der Waals surface area contributed by atoms with Gasteiger partial charge in [-0.25, -0.2) is 0 Å². The van der Waals surface area contributed by atoms with Gasteiger partial charge in [0, 0.05) is 12.8 Å². The molecule has 0 aliphatic carbocycles. The molecule has 1 saturated heterocycles. The third-order valence-corrected chi connectivity index (χ3v) is 16.3. The van der Waals surface area contributed by atoms with Gasteiger partial charge in [0.1, 0.15) is 24.4 Å². The number of hydrogen-bond donors (Lipinski definition) is 6. The Bertz CT molecular complexity index is 1360. The maximum Gasteiger partial charge on any atom is 0.305 e. The zero-order valence-electron chi connectivity index (χ0n) is 51.6. The van der Waals surface area contributed by atoms with Crippen molar-refractivity contribution in [3.05, 3.63) is 24.3 Å². The Hall–Kier alpha value is -1.86. The van der Waals surface area contributed by atoms with Gasteiger partial charge in [0.05, 0.1) is 32.0 Å². The van der Waals surface area contributed by atoms with Crippen molar-refractivity contribution >= 4 is 11.9 Å². The summed E-state index contributed by atoms with van der Waals surface area (Å²) in [6.45, 7) is 4.34. The van der Waals surface area contributed by atoms with Crippen LogP contribution in [0.15, 0.2) is 24.3 Å². The summed E-state index contributed by atoms with van der Waals surface area (Å²) in [6.07, 6.45) is 61.7. The van der Waals surface area contributed by atoms with Crippen LogP contribution in [0.2, 0.25) is 0 Å². The first kappa shape index (κ1) is 75.2. The smallest absolute Gasteiger partial charge is 0.305 e. The zero-order chi connectivity index (χ0) is 57.3. The molecule has 0 spiro atoms. The van der Waals surface area contributed by atoms with Crippen molar-refractivity contribution in [1.82, 2.24) is 5.32 Å². The molecule has 1 amide bonds. The molecule has 1 aliphatic heterocycles. The van der Waals surface area contributed by atoms with E-state index in [0.717, 1.165) is 57.8 Å². The average molecular weight is 1120 g/mol. The Morgan fingerprint density at radius 2 is 0.810 bits per heavy atom. The Kier molecular flexibility index (Phi) is 55.1. The van der Waals surface area contributed by atoms with Crippen LogP contribution in [0.3, 0.4) is 0 Å². The molecular weight excluding hydrogens is 991 g/mol. The molecule has 7 atom stereocenters. The average Bonchev–Trinajstić information content (AvgIpc) is 3.46. The van der Waals surface area contributed by atoms with E-state index in [4.69, 9.17) is 14.2 Å². The lowest BCUT2D eigenvalue weighted by Crippen LogP contribution is -2.60. The van der Waals surface area contributed by atoms with Gasteiger partial charge in [0.15, 0.2) is 6.29 Å². The maximum absolute atomic E-state index is 13.0. The van der Waals surface area contributed by atoms with Crippen molar-refractivity contribution in [1.29, 1.82) is 0 Å². The third kappa shape index (κ3) is 47.2. The number of unbranched alkanes of at least 4 members (excludes halogenated alkanes) is 44. The Labute approximate surface area is 486 Å². The fraction of sp³-hybridized carbons (Fsp3) is 0.912. The number of aliphatic hydroxyl groups is 5. The van der Waals surface area contributed by atoms with Gasteiger partial charge in [-0.1, -0.05) is 289 Å². The second-order valence-corrected chi connectivity index (χ2v) is 23.9. The number of nitrogens with one attached hydrogen (secondary N) is 1. The van der Waals surface area contributed by atoms with Crippen LogP contribution in [0.4, 0.5) is 0 Å². The number of carbonyl (C=O) groups is 2. The fourth-order valence-electron chi connectivity index (χ4n) is 10.9. The van der Waals surface area contributed by atoms with E-state index in [1.54, 1.807) is 6.08 Å². The van der Waals surface area contributed by atoms with E-state index in [1.165, 1.54) is 250 Å². The third-order valence-electron chi connectivity index (χ3n) is 16.3. The molecule has 79 heavy (non-hydrogen) atoms. The van der Waals surface area contributed by atoms with E-state index in [2.05, 4.69) is 31.3 Å². The van der Waals surface area contributed by atoms with Crippen LogP contribution in [0.1, 0.15) is 335 Å². The fourth-order valence-corrected chi connectivity index (χ4v) is 10.9. The van der Waals surface area contributed by atoms with Gasteiger partial charge in [0.25, 0.3) is 0 Å². The van der Waals surface area contributed by atoms with Gasteiger partial charge in [-0.15, -0.1) is 0 Å². The lowest BCUT2D eigenvalue weighted by molar-refractivity contribution is -0.302. The minimum atomic E-state index is -1.57. The first-order valence-electron chi connectivity index (χ1n) is 34.1. The number of rotatable bonds is 60. The SMILES string of the molecule is CCCCCCCCC/C=C/C(O)C(COC1OC(CO)C(O)C(O)C1O)NC(=O)CCCCCCCCCCC/C=C\CCCCCCCCCCCCCCOC(=O)CCCCCCCCCCCCCCCCCCC. The van der Waals surface area contributed by atoms with Crippen LogP contribution in [-0.2, 0) is 23.8 Å². The van der Waals surface area contributed by atoms with Crippen LogP contribution in [0.5, 0.6) is 0 Å². The highest BCUT2D eigenvalue weighted by Crippen LogP contribution is 2.23. The number of allylic oxidation sites excluding steroid dienone is 3. The first-order chi connectivity index (χ1) is 38.7. The van der Waals surface area contributed by atoms with E-state index < -0.39 is 49.5 Å². The molecule has 1 rings (SSSR count). The van der Waals surface area contributed by atoms with Crippen LogP contribution in [0, 0.1) is 0 Å². The molecule has 6 N–H and O–H groups in total. The first-order valence-corrected chi connectivity index (χ1v) is 34.1. The minimum Gasteiger partial charge on any atom is -0.466 e. The predicted molar refractivity (Wildman–Crippen MR) is 329 cm³/mol. The largest absolute Gasteiger partial charge is 0.466 e. The maximum atomic E-state index is 13.0. The molecule has 0 radical (unpaired) electrons. The monoisotopic (exact) mass is 1120 g/mol. The van der Waals surface area contributed by atoms with Crippen molar-refractivity contribution in [2.75, 3.05) is 19.8 Å². The van der Waals surface area contributed by atoms with Crippen molar-refractivity contribution in [3.8, 4) is 0 Å². The van der Waals surface area contributed by atoms with Gasteiger partial charge in [-0.2, -0.15) is 0 Å². The summed E-state index contributed by atoms with van der Waals surface area (Å²) in [5, 5.41) is 54.3. The molecule has 1 heterocycles. The Morgan fingerprint density at radius 3 is 1.22 bits per heavy atom. The topological polar surface area (TPSA) is 175 Å². The molecule has 1 aliphatic rings. The van der Waals surface area contributed by atoms with E-state index >= 15 is 0 Å². The Balaban J connectivity index is 1.94. The summed E-state index contributed by atoms with van der Waals surface area (Å²) in [7, 11) is 0. The van der Waals surface area contributed by atoms with Gasteiger partial charge < -0.3 is 45.1 Å². The van der Waals surface area contributed by atoms with Crippen molar-refractivity contribution in [2.24, 2.45) is 0 Å². The van der Waals surface area contributed by atoms with E-state index in [-0.39, 0.29) is 18.5 Å². The van der Waals surface area contributed by atoms with Crippen LogP contribution in [0.25, 0.3) is 0 Å². The zero-order valence-corrected chi connectivity index (χ0v) is 51.6. The van der Waals surface area contributed by atoms with Gasteiger partial charge in [-0.05, 0) is 57.8 Å². The van der Waals surface area contributed by atoms with Crippen LogP contribution >= 0.6 is 0 Å². The van der Waals surface area contributed by atoms with Crippen LogP contribution < -0.4 is 5.32 Å². The number of aliphatic hydroxyl groups excluding tert-OH is 5. The molecule has 0 aromatic rings. The molecule has 11 heteroatoms. The van der Waals surface area contributed by atoms with Crippen molar-refractivity contribution < 1.29 is 49.3 Å². The standard InChI is InChI=1S/C68H129NO10/c1-3-5-7-9-11-13-14-15-16-26-30-33-36-40-44-48-52-56-64(73)77-57-53-49-45-41-37-34-31-28-25-23-21-19-17-18-20-22-24-27-29-32-35-39-43-47-51-55-63(72)69-60(61(71)54-50-46-42-38-12-10-8-6-4-2)59-78-68-67(76)66(75)65(74)62(58-70)79-68/h18,20,50,54,60-62,65-68,70-71,74-76H,3-17,19,21-49,51-53,55-59H2,1-2H3,(H,69,72)/b20-18-,54-50+. The lowest BCUT2D eigenvalue weighted by atomic mass is 9.99. The quantitative estimate of drug-likeness (QED) is 0.0195. The molecular formula is C68H129NO10. The highest BCUT2D eigenvalue weighted by molar-refractivity contribution is 5.76. The second kappa shape index (κ2) is 57.9. The molecule has 1 fully saturated rings. The normalized spacial score (nSPS) is 18.5. The summed E-state index contributed by atoms with van der Waals surface area (Å²) in [5.41, 5.74) is 0.